The number of methoxy groups -OCH3 is 1. The Balaban J connectivity index is 1.67. The first-order valence-corrected chi connectivity index (χ1v) is 11.0. The maximum Gasteiger partial charge on any atom is 0.341 e. The molecule has 30 heavy (non-hydrogen) atoms. The summed E-state index contributed by atoms with van der Waals surface area (Å²) >= 11 is 1.26. The van der Waals surface area contributed by atoms with E-state index in [-0.39, 0.29) is 17.7 Å². The van der Waals surface area contributed by atoms with E-state index in [1.165, 1.54) is 18.4 Å². The molecule has 0 radical (unpaired) electrons. The molecule has 2 N–H and O–H groups in total. The molecule has 0 saturated heterocycles. The first kappa shape index (κ1) is 20.6. The topological polar surface area (TPSA) is 92.7 Å². The molecular weight excluding hydrogens is 402 g/mol. The highest BCUT2D eigenvalue weighted by atomic mass is 32.1. The number of amides is 1. The van der Waals surface area contributed by atoms with Gasteiger partial charge in [0.1, 0.15) is 10.6 Å². The quantitative estimate of drug-likeness (QED) is 0.685. The second-order valence-corrected chi connectivity index (χ2v) is 9.24. The number of esters is 1. The number of carboxylic acids is 1. The summed E-state index contributed by atoms with van der Waals surface area (Å²) in [5, 5.41) is 14.8. The van der Waals surface area contributed by atoms with Gasteiger partial charge in [0.05, 0.1) is 18.9 Å². The molecule has 0 spiro atoms. The minimum absolute atomic E-state index is 0.0674. The molecule has 2 fully saturated rings. The molecule has 7 heteroatoms. The summed E-state index contributed by atoms with van der Waals surface area (Å²) in [5.41, 5.74) is 4.14. The number of hydrogen-bond donors (Lipinski definition) is 2. The van der Waals surface area contributed by atoms with E-state index in [1.807, 2.05) is 37.4 Å². The second-order valence-electron chi connectivity index (χ2n) is 8.36. The summed E-state index contributed by atoms with van der Waals surface area (Å²) in [7, 11) is 1.31. The van der Waals surface area contributed by atoms with Crippen molar-refractivity contribution in [3.8, 4) is 11.1 Å². The second kappa shape index (κ2) is 7.87. The lowest BCUT2D eigenvalue weighted by molar-refractivity contribution is -0.148. The zero-order valence-electron chi connectivity index (χ0n) is 17.2. The van der Waals surface area contributed by atoms with Gasteiger partial charge in [-0.25, -0.2) is 4.79 Å². The monoisotopic (exact) mass is 427 g/mol. The van der Waals surface area contributed by atoms with Crippen LogP contribution in [0.25, 0.3) is 11.1 Å². The van der Waals surface area contributed by atoms with Crippen LogP contribution < -0.4 is 5.32 Å². The Morgan fingerprint density at radius 2 is 1.80 bits per heavy atom. The molecule has 1 heterocycles. The first-order valence-electron chi connectivity index (χ1n) is 10.1. The number of carboxylic acid groups (broad SMARTS) is 1. The Morgan fingerprint density at radius 3 is 2.43 bits per heavy atom. The number of aryl methyl sites for hydroxylation is 2. The van der Waals surface area contributed by atoms with Crippen LogP contribution in [0.2, 0.25) is 0 Å². The smallest absolute Gasteiger partial charge is 0.341 e. The summed E-state index contributed by atoms with van der Waals surface area (Å²) in [4.78, 5) is 37.5. The van der Waals surface area contributed by atoms with Crippen LogP contribution in [0.1, 0.15) is 40.7 Å². The van der Waals surface area contributed by atoms with Crippen LogP contribution in [0.5, 0.6) is 0 Å². The molecule has 2 aliphatic carbocycles. The SMILES string of the molecule is COC(=O)c1c(-c2ccc(C)c(C)c2)csc1NC(=O)C1C2CCC(C2)C1C(=O)O. The van der Waals surface area contributed by atoms with Crippen LogP contribution in [-0.4, -0.2) is 30.1 Å². The molecule has 1 aromatic carbocycles. The largest absolute Gasteiger partial charge is 0.481 e. The highest BCUT2D eigenvalue weighted by Crippen LogP contribution is 2.53. The number of aliphatic carboxylic acids is 1. The fourth-order valence-corrected chi connectivity index (χ4v) is 6.06. The molecule has 2 bridgehead atoms. The average molecular weight is 428 g/mol. The standard InChI is InChI=1S/C23H25NO5S/c1-11-4-5-13(8-12(11)2)16-10-30-21(19(16)23(28)29-3)24-20(25)17-14-6-7-15(9-14)18(17)22(26)27/h4-5,8,10,14-15,17-18H,6-7,9H2,1-3H3,(H,24,25)(H,26,27). The number of benzene rings is 1. The van der Waals surface area contributed by atoms with E-state index in [2.05, 4.69) is 5.32 Å². The van der Waals surface area contributed by atoms with Crippen molar-refractivity contribution in [2.24, 2.45) is 23.7 Å². The van der Waals surface area contributed by atoms with Crippen molar-refractivity contribution in [2.75, 3.05) is 12.4 Å². The Bertz CT molecular complexity index is 1030. The molecule has 1 aromatic heterocycles. The van der Waals surface area contributed by atoms with Gasteiger partial charge < -0.3 is 15.2 Å². The minimum atomic E-state index is -0.905. The van der Waals surface area contributed by atoms with Crippen molar-refractivity contribution in [3.63, 3.8) is 0 Å². The predicted molar refractivity (Wildman–Crippen MR) is 115 cm³/mol. The van der Waals surface area contributed by atoms with Crippen molar-refractivity contribution >= 4 is 34.2 Å². The fraction of sp³-hybridized carbons (Fsp3) is 0.435. The van der Waals surface area contributed by atoms with Crippen LogP contribution in [0.15, 0.2) is 23.6 Å². The summed E-state index contributed by atoms with van der Waals surface area (Å²) in [6.45, 7) is 4.03. The fourth-order valence-electron chi connectivity index (χ4n) is 5.10. The lowest BCUT2D eigenvalue weighted by atomic mass is 9.78. The molecule has 158 valence electrons. The van der Waals surface area contributed by atoms with Gasteiger partial charge in [0.25, 0.3) is 0 Å². The van der Waals surface area contributed by atoms with Crippen LogP contribution in [0.3, 0.4) is 0 Å². The third-order valence-corrected chi connectivity index (χ3v) is 7.63. The Labute approximate surface area is 179 Å². The van der Waals surface area contributed by atoms with Crippen LogP contribution in [-0.2, 0) is 14.3 Å². The van der Waals surface area contributed by atoms with Crippen molar-refractivity contribution in [3.05, 3.63) is 40.3 Å². The molecule has 4 atom stereocenters. The Hall–Kier alpha value is -2.67. The molecule has 4 unspecified atom stereocenters. The zero-order valence-corrected chi connectivity index (χ0v) is 18.0. The van der Waals surface area contributed by atoms with E-state index in [0.29, 0.717) is 16.1 Å². The maximum absolute atomic E-state index is 13.1. The normalized spacial score (nSPS) is 24.6. The molecule has 2 saturated carbocycles. The number of anilines is 1. The number of rotatable bonds is 5. The molecule has 0 aliphatic heterocycles. The van der Waals surface area contributed by atoms with Gasteiger partial charge in [0.2, 0.25) is 5.91 Å². The number of ether oxygens (including phenoxy) is 1. The predicted octanol–water partition coefficient (Wildman–Crippen LogP) is 4.50. The van der Waals surface area contributed by atoms with E-state index in [0.717, 1.165) is 36.0 Å². The summed E-state index contributed by atoms with van der Waals surface area (Å²) in [6, 6.07) is 5.94. The zero-order chi connectivity index (χ0) is 21.6. The van der Waals surface area contributed by atoms with Crippen LogP contribution in [0, 0.1) is 37.5 Å². The summed E-state index contributed by atoms with van der Waals surface area (Å²) < 4.78 is 4.99. The molecular formula is C23H25NO5S. The molecule has 6 nitrogen and oxygen atoms in total. The van der Waals surface area contributed by atoms with E-state index in [9.17, 15) is 19.5 Å². The van der Waals surface area contributed by atoms with Gasteiger partial charge in [-0.3, -0.25) is 9.59 Å². The van der Waals surface area contributed by atoms with Gasteiger partial charge in [-0.15, -0.1) is 11.3 Å². The number of carbonyl (C=O) groups excluding carboxylic acids is 2. The van der Waals surface area contributed by atoms with Crippen molar-refractivity contribution in [1.29, 1.82) is 0 Å². The summed E-state index contributed by atoms with van der Waals surface area (Å²) in [5.74, 6) is -2.79. The highest BCUT2D eigenvalue weighted by molar-refractivity contribution is 7.15. The molecule has 1 amide bonds. The minimum Gasteiger partial charge on any atom is -0.481 e. The van der Waals surface area contributed by atoms with Crippen LogP contribution in [0.4, 0.5) is 5.00 Å². The van der Waals surface area contributed by atoms with Crippen molar-refractivity contribution < 1.29 is 24.2 Å². The molecule has 2 aliphatic rings. The highest BCUT2D eigenvalue weighted by Gasteiger charge is 2.54. The third-order valence-electron chi connectivity index (χ3n) is 6.74. The molecule has 4 rings (SSSR count). The van der Waals surface area contributed by atoms with Gasteiger partial charge in [0, 0.05) is 10.9 Å². The number of fused-ring (bicyclic) bond motifs is 2. The van der Waals surface area contributed by atoms with Crippen molar-refractivity contribution in [2.45, 2.75) is 33.1 Å². The van der Waals surface area contributed by atoms with Gasteiger partial charge in [0.15, 0.2) is 0 Å². The van der Waals surface area contributed by atoms with Crippen molar-refractivity contribution in [1.82, 2.24) is 0 Å². The molecule has 2 aromatic rings. The van der Waals surface area contributed by atoms with Crippen LogP contribution >= 0.6 is 11.3 Å². The summed E-state index contributed by atoms with van der Waals surface area (Å²) in [6.07, 6.45) is 2.54. The number of nitrogens with one attached hydrogen (secondary N) is 1. The van der Waals surface area contributed by atoms with E-state index in [4.69, 9.17) is 4.74 Å². The lowest BCUT2D eigenvalue weighted by Crippen LogP contribution is -2.37. The van der Waals surface area contributed by atoms with Gasteiger partial charge in [-0.05, 0) is 61.6 Å². The lowest BCUT2D eigenvalue weighted by Gasteiger charge is -2.26. The number of thiophene rings is 1. The number of carbonyl (C=O) groups is 3. The third kappa shape index (κ3) is 3.41. The van der Waals surface area contributed by atoms with Gasteiger partial charge in [-0.1, -0.05) is 18.2 Å². The Kier molecular flexibility index (Phi) is 5.40. The van der Waals surface area contributed by atoms with E-state index >= 15 is 0 Å². The van der Waals surface area contributed by atoms with Gasteiger partial charge in [-0.2, -0.15) is 0 Å². The van der Waals surface area contributed by atoms with Gasteiger partial charge >= 0.3 is 11.9 Å². The van der Waals surface area contributed by atoms with E-state index < -0.39 is 23.8 Å². The van der Waals surface area contributed by atoms with E-state index in [1.54, 1.807) is 0 Å². The maximum atomic E-state index is 13.1. The average Bonchev–Trinajstić information content (AvgIpc) is 3.43. The Morgan fingerprint density at radius 1 is 1.10 bits per heavy atom. The first-order chi connectivity index (χ1) is 14.3. The number of hydrogen-bond acceptors (Lipinski definition) is 5.